The van der Waals surface area contributed by atoms with Crippen LogP contribution in [0.3, 0.4) is 0 Å². The number of benzene rings is 3. The quantitative estimate of drug-likeness (QED) is 0.615. The number of hydrogen-bond donors (Lipinski definition) is 1. The van der Waals surface area contributed by atoms with Crippen molar-refractivity contribution in [3.05, 3.63) is 83.9 Å². The molecular formula is C22H18N2OS. The first-order valence-electron chi connectivity index (χ1n) is 8.24. The molecule has 0 atom stereocenters. The molecule has 0 fully saturated rings. The lowest BCUT2D eigenvalue weighted by atomic mass is 10.00. The molecule has 0 saturated carbocycles. The van der Waals surface area contributed by atoms with Crippen LogP contribution < -0.4 is 5.32 Å². The van der Waals surface area contributed by atoms with Crippen molar-refractivity contribution in [3.8, 4) is 17.2 Å². The Hall–Kier alpha value is -3.03. The van der Waals surface area contributed by atoms with Crippen molar-refractivity contribution >= 4 is 23.4 Å². The number of amides is 1. The Kier molecular flexibility index (Phi) is 5.73. The van der Waals surface area contributed by atoms with Crippen molar-refractivity contribution in [1.29, 1.82) is 5.26 Å². The van der Waals surface area contributed by atoms with Gasteiger partial charge in [0.1, 0.15) is 0 Å². The smallest absolute Gasteiger partial charge is 0.221 e. The number of thioether (sulfide) groups is 1. The van der Waals surface area contributed by atoms with Gasteiger partial charge >= 0.3 is 0 Å². The largest absolute Gasteiger partial charge is 0.326 e. The molecule has 3 rings (SSSR count). The van der Waals surface area contributed by atoms with Crippen LogP contribution in [0.1, 0.15) is 18.1 Å². The summed E-state index contributed by atoms with van der Waals surface area (Å²) in [7, 11) is 0. The highest BCUT2D eigenvalue weighted by Crippen LogP contribution is 2.27. The number of hydrogen-bond acceptors (Lipinski definition) is 3. The number of anilines is 1. The van der Waals surface area contributed by atoms with Gasteiger partial charge in [-0.25, -0.2) is 0 Å². The fourth-order valence-corrected chi connectivity index (χ4v) is 3.47. The van der Waals surface area contributed by atoms with Crippen LogP contribution >= 0.6 is 11.8 Å². The summed E-state index contributed by atoms with van der Waals surface area (Å²) in [5, 5.41) is 12.0. The summed E-state index contributed by atoms with van der Waals surface area (Å²) in [5.74, 6) is 0.795. The summed E-state index contributed by atoms with van der Waals surface area (Å²) in [6, 6.07) is 26.0. The van der Waals surface area contributed by atoms with Gasteiger partial charge in [-0.2, -0.15) is 5.26 Å². The zero-order chi connectivity index (χ0) is 18.4. The van der Waals surface area contributed by atoms with Gasteiger partial charge in [0, 0.05) is 23.3 Å². The van der Waals surface area contributed by atoms with Gasteiger partial charge in [-0.15, -0.1) is 11.8 Å². The molecule has 0 unspecified atom stereocenters. The minimum atomic E-state index is -0.0662. The Morgan fingerprint density at radius 2 is 1.69 bits per heavy atom. The van der Waals surface area contributed by atoms with Crippen molar-refractivity contribution in [2.75, 3.05) is 5.32 Å². The summed E-state index contributed by atoms with van der Waals surface area (Å²) in [6.07, 6.45) is 0. The third-order valence-corrected chi connectivity index (χ3v) is 4.98. The molecule has 0 heterocycles. The summed E-state index contributed by atoms with van der Waals surface area (Å²) in [4.78, 5) is 12.2. The van der Waals surface area contributed by atoms with Crippen LogP contribution in [0.4, 0.5) is 5.69 Å². The van der Waals surface area contributed by atoms with E-state index in [-0.39, 0.29) is 5.91 Å². The van der Waals surface area contributed by atoms with E-state index in [0.717, 1.165) is 27.5 Å². The van der Waals surface area contributed by atoms with Gasteiger partial charge in [0.05, 0.1) is 11.6 Å². The highest BCUT2D eigenvalue weighted by molar-refractivity contribution is 7.98. The Morgan fingerprint density at radius 1 is 1.00 bits per heavy atom. The normalized spacial score (nSPS) is 10.2. The molecule has 3 aromatic rings. The zero-order valence-corrected chi connectivity index (χ0v) is 15.2. The molecule has 0 aliphatic heterocycles. The van der Waals surface area contributed by atoms with Gasteiger partial charge in [-0.1, -0.05) is 42.5 Å². The van der Waals surface area contributed by atoms with E-state index in [1.165, 1.54) is 12.5 Å². The second kappa shape index (κ2) is 8.37. The molecule has 0 saturated heterocycles. The number of nitriles is 1. The van der Waals surface area contributed by atoms with Crippen LogP contribution in [-0.2, 0) is 10.5 Å². The molecule has 4 heteroatoms. The first-order chi connectivity index (χ1) is 12.7. The minimum Gasteiger partial charge on any atom is -0.326 e. The predicted molar refractivity (Wildman–Crippen MR) is 107 cm³/mol. The summed E-state index contributed by atoms with van der Waals surface area (Å²) < 4.78 is 0. The van der Waals surface area contributed by atoms with Crippen molar-refractivity contribution in [2.45, 2.75) is 17.6 Å². The van der Waals surface area contributed by atoms with Crippen LogP contribution in [-0.4, -0.2) is 5.91 Å². The number of rotatable bonds is 5. The van der Waals surface area contributed by atoms with E-state index < -0.39 is 0 Å². The molecule has 26 heavy (non-hydrogen) atoms. The monoisotopic (exact) mass is 358 g/mol. The number of nitrogens with one attached hydrogen (secondary N) is 1. The van der Waals surface area contributed by atoms with Crippen molar-refractivity contribution in [3.63, 3.8) is 0 Å². The molecule has 0 aromatic heterocycles. The van der Waals surface area contributed by atoms with Gasteiger partial charge in [-0.05, 0) is 47.0 Å². The predicted octanol–water partition coefficient (Wildman–Crippen LogP) is 5.48. The molecule has 0 radical (unpaired) electrons. The second-order valence-corrected chi connectivity index (χ2v) is 6.90. The van der Waals surface area contributed by atoms with Crippen LogP contribution in [0.5, 0.6) is 0 Å². The van der Waals surface area contributed by atoms with E-state index in [2.05, 4.69) is 35.7 Å². The third kappa shape index (κ3) is 4.53. The molecule has 0 aliphatic carbocycles. The Labute approximate surface area is 157 Å². The molecule has 3 aromatic carbocycles. The molecule has 0 aliphatic rings. The maximum absolute atomic E-state index is 11.0. The van der Waals surface area contributed by atoms with Crippen LogP contribution in [0, 0.1) is 11.3 Å². The van der Waals surface area contributed by atoms with Gasteiger partial charge in [0.2, 0.25) is 5.91 Å². The zero-order valence-electron chi connectivity index (χ0n) is 14.4. The van der Waals surface area contributed by atoms with Crippen molar-refractivity contribution in [1.82, 2.24) is 0 Å². The minimum absolute atomic E-state index is 0.0662. The summed E-state index contributed by atoms with van der Waals surface area (Å²) >= 11 is 1.75. The average molecular weight is 358 g/mol. The second-order valence-electron chi connectivity index (χ2n) is 5.85. The van der Waals surface area contributed by atoms with Crippen LogP contribution in [0.25, 0.3) is 11.1 Å². The van der Waals surface area contributed by atoms with Crippen LogP contribution in [0.2, 0.25) is 0 Å². The van der Waals surface area contributed by atoms with Gasteiger partial charge in [0.15, 0.2) is 0 Å². The number of carbonyl (C=O) groups is 1. The maximum atomic E-state index is 11.0. The topological polar surface area (TPSA) is 52.9 Å². The molecule has 0 spiro atoms. The van der Waals surface area contributed by atoms with Gasteiger partial charge in [-0.3, -0.25) is 4.79 Å². The molecular weight excluding hydrogens is 340 g/mol. The maximum Gasteiger partial charge on any atom is 0.221 e. The number of nitrogens with zero attached hydrogens (tertiary/aromatic N) is 1. The van der Waals surface area contributed by atoms with E-state index in [9.17, 15) is 10.1 Å². The van der Waals surface area contributed by atoms with E-state index in [1.807, 2.05) is 48.5 Å². The first kappa shape index (κ1) is 17.8. The van der Waals surface area contributed by atoms with E-state index in [0.29, 0.717) is 5.56 Å². The summed E-state index contributed by atoms with van der Waals surface area (Å²) in [5.41, 5.74) is 4.73. The highest BCUT2D eigenvalue weighted by atomic mass is 32.2. The molecule has 0 bridgehead atoms. The standard InChI is InChI=1S/C22H18N2OS/c1-16(25)24-20-10-12-21(13-11-20)26-15-17-6-8-18(9-7-17)22-5-3-2-4-19(22)14-23/h2-13H,15H2,1H3,(H,24,25). The number of carbonyl (C=O) groups excluding carboxylic acids is 1. The summed E-state index contributed by atoms with van der Waals surface area (Å²) in [6.45, 7) is 1.50. The van der Waals surface area contributed by atoms with E-state index in [1.54, 1.807) is 11.8 Å². The van der Waals surface area contributed by atoms with Gasteiger partial charge in [0.25, 0.3) is 0 Å². The lowest BCUT2D eigenvalue weighted by molar-refractivity contribution is -0.114. The highest BCUT2D eigenvalue weighted by Gasteiger charge is 2.04. The van der Waals surface area contributed by atoms with Gasteiger partial charge < -0.3 is 5.32 Å². The Balaban J connectivity index is 1.65. The molecule has 1 amide bonds. The molecule has 1 N–H and O–H groups in total. The van der Waals surface area contributed by atoms with E-state index >= 15 is 0 Å². The molecule has 3 nitrogen and oxygen atoms in total. The lowest BCUT2D eigenvalue weighted by Crippen LogP contribution is -2.05. The Morgan fingerprint density at radius 3 is 2.35 bits per heavy atom. The van der Waals surface area contributed by atoms with Crippen molar-refractivity contribution < 1.29 is 4.79 Å². The van der Waals surface area contributed by atoms with E-state index in [4.69, 9.17) is 0 Å². The third-order valence-electron chi connectivity index (χ3n) is 3.89. The first-order valence-corrected chi connectivity index (χ1v) is 9.23. The lowest BCUT2D eigenvalue weighted by Gasteiger charge is -2.07. The molecule has 128 valence electrons. The van der Waals surface area contributed by atoms with Crippen LogP contribution in [0.15, 0.2) is 77.7 Å². The SMILES string of the molecule is CC(=O)Nc1ccc(SCc2ccc(-c3ccccc3C#N)cc2)cc1. The fourth-order valence-electron chi connectivity index (χ4n) is 2.62. The van der Waals surface area contributed by atoms with Crippen molar-refractivity contribution in [2.24, 2.45) is 0 Å². The fraction of sp³-hybridized carbons (Fsp3) is 0.0909. The Bertz CT molecular complexity index is 941. The average Bonchev–Trinajstić information content (AvgIpc) is 2.67.